The quantitative estimate of drug-likeness (QED) is 0.755. The molecule has 4 nitrogen and oxygen atoms in total. The highest BCUT2D eigenvalue weighted by Crippen LogP contribution is 2.15. The van der Waals surface area contributed by atoms with Gasteiger partial charge in [0, 0.05) is 4.90 Å². The van der Waals surface area contributed by atoms with E-state index in [0.717, 1.165) is 5.69 Å². The molecule has 1 heterocycles. The lowest BCUT2D eigenvalue weighted by molar-refractivity contribution is 0.980. The molecule has 0 spiro atoms. The van der Waals surface area contributed by atoms with Crippen molar-refractivity contribution in [2.75, 3.05) is 6.26 Å². The van der Waals surface area contributed by atoms with Gasteiger partial charge < -0.3 is 0 Å². The zero-order valence-electron chi connectivity index (χ0n) is 7.60. The smallest absolute Gasteiger partial charge is 0.250 e. The molecule has 1 aromatic carbocycles. The zero-order chi connectivity index (χ0) is 9.97. The van der Waals surface area contributed by atoms with Gasteiger partial charge in [0.25, 0.3) is 0 Å². The first-order valence-electron chi connectivity index (χ1n) is 4.08. The largest absolute Gasteiger partial charge is 0.347 e. The number of thioether (sulfide) groups is 1. The molecule has 0 aliphatic carbocycles. The lowest BCUT2D eigenvalue weighted by atomic mass is 10.3. The number of nitrogens with zero attached hydrogens (tertiary/aromatic N) is 2. The Morgan fingerprint density at radius 1 is 1.36 bits per heavy atom. The first kappa shape index (κ1) is 9.08. The molecule has 0 fully saturated rings. The molecule has 5 heteroatoms. The van der Waals surface area contributed by atoms with Gasteiger partial charge >= 0.3 is 5.69 Å². The van der Waals surface area contributed by atoms with Gasteiger partial charge in [-0.1, -0.05) is 0 Å². The number of rotatable bonds is 2. The third-order valence-corrected chi connectivity index (χ3v) is 2.65. The molecule has 72 valence electrons. The van der Waals surface area contributed by atoms with Gasteiger partial charge in [-0.3, -0.25) is 0 Å². The predicted molar refractivity (Wildman–Crippen MR) is 56.0 cm³/mol. The molecule has 14 heavy (non-hydrogen) atoms. The summed E-state index contributed by atoms with van der Waals surface area (Å²) in [4.78, 5) is 12.4. The van der Waals surface area contributed by atoms with E-state index in [2.05, 4.69) is 10.2 Å². The fourth-order valence-corrected chi connectivity index (χ4v) is 1.58. The van der Waals surface area contributed by atoms with Crippen molar-refractivity contribution in [2.45, 2.75) is 4.90 Å². The van der Waals surface area contributed by atoms with Crippen molar-refractivity contribution < 1.29 is 0 Å². The van der Waals surface area contributed by atoms with Crippen LogP contribution in [-0.2, 0) is 0 Å². The molecule has 0 saturated carbocycles. The van der Waals surface area contributed by atoms with Crippen LogP contribution in [0.15, 0.2) is 40.3 Å². The van der Waals surface area contributed by atoms with Crippen molar-refractivity contribution in [3.8, 4) is 5.69 Å². The van der Waals surface area contributed by atoms with Crippen LogP contribution in [0.1, 0.15) is 0 Å². The van der Waals surface area contributed by atoms with Crippen molar-refractivity contribution in [2.24, 2.45) is 0 Å². The van der Waals surface area contributed by atoms with E-state index in [1.807, 2.05) is 30.5 Å². The van der Waals surface area contributed by atoms with Crippen LogP contribution in [0.25, 0.3) is 5.69 Å². The van der Waals surface area contributed by atoms with Crippen LogP contribution in [0.2, 0.25) is 0 Å². The Hall–Kier alpha value is -1.49. The van der Waals surface area contributed by atoms with E-state index < -0.39 is 0 Å². The summed E-state index contributed by atoms with van der Waals surface area (Å²) in [5.74, 6) is 0. The summed E-state index contributed by atoms with van der Waals surface area (Å²) in [5.41, 5.74) is 0.600. The van der Waals surface area contributed by atoms with Gasteiger partial charge in [0.1, 0.15) is 6.33 Å². The maximum absolute atomic E-state index is 11.2. The molecule has 2 rings (SSSR count). The number of H-pyrrole nitrogens is 1. The first-order chi connectivity index (χ1) is 6.81. The number of nitrogens with one attached hydrogen (secondary N) is 1. The fraction of sp³-hybridized carbons (Fsp3) is 0.111. The maximum atomic E-state index is 11.2. The molecule has 0 bridgehead atoms. The average molecular weight is 207 g/mol. The monoisotopic (exact) mass is 207 g/mol. The van der Waals surface area contributed by atoms with Gasteiger partial charge in [-0.2, -0.15) is 5.10 Å². The van der Waals surface area contributed by atoms with Crippen LogP contribution >= 0.6 is 11.8 Å². The number of aromatic amines is 1. The Labute approximate surface area is 85.0 Å². The van der Waals surface area contributed by atoms with Gasteiger partial charge in [0.15, 0.2) is 0 Å². The van der Waals surface area contributed by atoms with E-state index >= 15 is 0 Å². The van der Waals surface area contributed by atoms with E-state index in [9.17, 15) is 4.79 Å². The summed E-state index contributed by atoms with van der Waals surface area (Å²) in [5, 5.41) is 6.01. The molecule has 1 aromatic heterocycles. The summed E-state index contributed by atoms with van der Waals surface area (Å²) >= 11 is 1.67. The van der Waals surface area contributed by atoms with Crippen LogP contribution < -0.4 is 5.69 Å². The van der Waals surface area contributed by atoms with E-state index in [4.69, 9.17) is 0 Å². The van der Waals surface area contributed by atoms with E-state index in [1.165, 1.54) is 15.8 Å². The number of hydrogen-bond acceptors (Lipinski definition) is 3. The predicted octanol–water partition coefficient (Wildman–Crippen LogP) is 1.28. The minimum Gasteiger partial charge on any atom is -0.250 e. The zero-order valence-corrected chi connectivity index (χ0v) is 8.41. The topological polar surface area (TPSA) is 50.7 Å². The second-order valence-electron chi connectivity index (χ2n) is 2.73. The van der Waals surface area contributed by atoms with E-state index in [0.29, 0.717) is 0 Å². The van der Waals surface area contributed by atoms with E-state index in [-0.39, 0.29) is 5.69 Å². The van der Waals surface area contributed by atoms with Crippen LogP contribution in [0.4, 0.5) is 0 Å². The Morgan fingerprint density at radius 2 is 2.07 bits per heavy atom. The summed E-state index contributed by atoms with van der Waals surface area (Å²) in [6, 6.07) is 7.73. The average Bonchev–Trinajstić information content (AvgIpc) is 2.65. The van der Waals surface area contributed by atoms with Crippen molar-refractivity contribution in [1.29, 1.82) is 0 Å². The third kappa shape index (κ3) is 1.58. The molecule has 0 aliphatic heterocycles. The molecular formula is C9H9N3OS. The Balaban J connectivity index is 2.44. The Kier molecular flexibility index (Phi) is 2.41. The van der Waals surface area contributed by atoms with Crippen LogP contribution in [0.3, 0.4) is 0 Å². The minimum atomic E-state index is -0.220. The highest BCUT2D eigenvalue weighted by Gasteiger charge is 1.99. The summed E-state index contributed by atoms with van der Waals surface area (Å²) in [7, 11) is 0. The standard InChI is InChI=1S/C9H9N3OS/c1-14-8-4-2-7(3-5-8)12-6-10-11-9(12)13/h2-6H,1H3,(H,11,13). The molecule has 0 amide bonds. The van der Waals surface area contributed by atoms with Crippen LogP contribution in [-0.4, -0.2) is 21.0 Å². The highest BCUT2D eigenvalue weighted by atomic mass is 32.2. The van der Waals surface area contributed by atoms with Crippen molar-refractivity contribution >= 4 is 11.8 Å². The molecule has 1 N–H and O–H groups in total. The van der Waals surface area contributed by atoms with Crippen LogP contribution in [0.5, 0.6) is 0 Å². The number of aromatic nitrogens is 3. The minimum absolute atomic E-state index is 0.220. The summed E-state index contributed by atoms with van der Waals surface area (Å²) < 4.78 is 1.46. The number of hydrogen-bond donors (Lipinski definition) is 1. The number of benzene rings is 1. The highest BCUT2D eigenvalue weighted by molar-refractivity contribution is 7.98. The Bertz CT molecular complexity index is 471. The summed E-state index contributed by atoms with van der Waals surface area (Å²) in [6.45, 7) is 0. The Morgan fingerprint density at radius 3 is 2.57 bits per heavy atom. The molecular weight excluding hydrogens is 198 g/mol. The maximum Gasteiger partial charge on any atom is 0.347 e. The second kappa shape index (κ2) is 3.71. The van der Waals surface area contributed by atoms with Crippen molar-refractivity contribution in [1.82, 2.24) is 14.8 Å². The lowest BCUT2D eigenvalue weighted by Crippen LogP contribution is -2.13. The lowest BCUT2D eigenvalue weighted by Gasteiger charge is -2.00. The first-order valence-corrected chi connectivity index (χ1v) is 5.30. The molecule has 2 aromatic rings. The molecule has 0 atom stereocenters. The molecule has 0 radical (unpaired) electrons. The van der Waals surface area contributed by atoms with Gasteiger partial charge in [0.2, 0.25) is 0 Å². The molecule has 0 saturated heterocycles. The fourth-order valence-electron chi connectivity index (χ4n) is 1.17. The SMILES string of the molecule is CSc1ccc(-n2cn[nH]c2=O)cc1. The molecule has 0 unspecified atom stereocenters. The van der Waals surface area contributed by atoms with Gasteiger partial charge in [-0.15, -0.1) is 11.8 Å². The van der Waals surface area contributed by atoms with Gasteiger partial charge in [0.05, 0.1) is 5.69 Å². The molecule has 0 aliphatic rings. The van der Waals surface area contributed by atoms with Crippen molar-refractivity contribution in [3.05, 3.63) is 41.1 Å². The normalized spacial score (nSPS) is 10.4. The third-order valence-electron chi connectivity index (χ3n) is 1.90. The van der Waals surface area contributed by atoms with Crippen molar-refractivity contribution in [3.63, 3.8) is 0 Å². The van der Waals surface area contributed by atoms with Gasteiger partial charge in [-0.05, 0) is 30.5 Å². The van der Waals surface area contributed by atoms with E-state index in [1.54, 1.807) is 11.8 Å². The second-order valence-corrected chi connectivity index (χ2v) is 3.61. The summed E-state index contributed by atoms with van der Waals surface area (Å²) in [6.07, 6.45) is 3.48. The van der Waals surface area contributed by atoms with Crippen LogP contribution in [0, 0.1) is 0 Å². The van der Waals surface area contributed by atoms with Gasteiger partial charge in [-0.25, -0.2) is 14.5 Å².